The van der Waals surface area contributed by atoms with E-state index >= 15 is 0 Å². The van der Waals surface area contributed by atoms with Gasteiger partial charge in [-0.1, -0.05) is 50.5 Å². The third-order valence-corrected chi connectivity index (χ3v) is 8.79. The van der Waals surface area contributed by atoms with Gasteiger partial charge in [0.15, 0.2) is 11.6 Å². The summed E-state index contributed by atoms with van der Waals surface area (Å²) >= 11 is 0. The number of alkyl halides is 11. The molecule has 0 bridgehead atoms. The van der Waals surface area contributed by atoms with Gasteiger partial charge in [-0.25, -0.2) is 18.8 Å². The van der Waals surface area contributed by atoms with Crippen molar-refractivity contribution in [1.82, 2.24) is 0 Å². The van der Waals surface area contributed by atoms with Gasteiger partial charge in [-0.3, -0.25) is 0 Å². The normalized spacial score (nSPS) is 13.1. The summed E-state index contributed by atoms with van der Waals surface area (Å²) in [5.74, 6) is -35.3. The minimum absolute atomic E-state index is 0.0253. The maximum atomic E-state index is 14.7. The molecule has 3 aromatic carbocycles. The Labute approximate surface area is 330 Å². The summed E-state index contributed by atoms with van der Waals surface area (Å²) in [5.41, 5.74) is 1.50. The lowest BCUT2D eigenvalue weighted by atomic mass is 9.98. The molecule has 19 heteroatoms. The van der Waals surface area contributed by atoms with Gasteiger partial charge in [0, 0.05) is 0 Å². The summed E-state index contributed by atoms with van der Waals surface area (Å²) in [6.45, 7) is 2.92. The van der Waals surface area contributed by atoms with Crippen LogP contribution in [0, 0.1) is 5.82 Å². The van der Waals surface area contributed by atoms with Crippen molar-refractivity contribution in [2.75, 3.05) is 13.2 Å². The molecule has 0 aliphatic carbocycles. The Kier molecular flexibility index (Phi) is 16.7. The van der Waals surface area contributed by atoms with Crippen molar-refractivity contribution in [2.24, 2.45) is 0 Å². The van der Waals surface area contributed by atoms with Crippen molar-refractivity contribution in [1.29, 1.82) is 0 Å². The molecule has 0 aliphatic rings. The first-order valence-electron chi connectivity index (χ1n) is 18.3. The highest BCUT2D eigenvalue weighted by Gasteiger charge is 2.89. The predicted molar refractivity (Wildman–Crippen MR) is 188 cm³/mol. The van der Waals surface area contributed by atoms with E-state index in [9.17, 15) is 67.1 Å². The summed E-state index contributed by atoms with van der Waals surface area (Å²) in [4.78, 5) is 36.5. The molecule has 0 saturated carbocycles. The fraction of sp³-hybridized carbons (Fsp3) is 0.475. The third kappa shape index (κ3) is 12.1. The molecule has 3 rings (SSSR count). The highest BCUT2D eigenvalue weighted by Crippen LogP contribution is 2.57. The average molecular weight is 861 g/mol. The summed E-state index contributed by atoms with van der Waals surface area (Å²) < 4.78 is 178. The van der Waals surface area contributed by atoms with E-state index in [2.05, 4.69) is 11.7 Å². The SMILES string of the molecule is CCCCCC[C@H](C)OC(=O)c1ccc(OC(=O)c2ccc(-c3ccc(OCCCCCCOC(=O)C(F)(F)C(F)(F)C(F)(F)C(F)(F)C(F)(F)F)cc3)cc2)c(F)c1. The number of unbranched alkanes of at least 4 members (excludes halogenated alkanes) is 6. The standard InChI is InChI=1S/C40H40F12O7/c1-3-4-5-8-11-25(2)58-34(54)29-18-21-32(31(41)24-29)59-33(53)28-14-12-26(13-15-28)27-16-19-30(20-17-27)56-22-9-6-7-10-23-57-35(55)36(42,43)37(44,45)38(46,47)39(48,49)40(50,51)52/h12-21,24-25H,3-11,22-23H2,1-2H3/t25-/m0/s1. The monoisotopic (exact) mass is 860 g/mol. The molecule has 0 heterocycles. The van der Waals surface area contributed by atoms with Gasteiger partial charge in [0.2, 0.25) is 0 Å². The zero-order valence-corrected chi connectivity index (χ0v) is 31.6. The molecule has 326 valence electrons. The number of hydrogen-bond donors (Lipinski definition) is 0. The van der Waals surface area contributed by atoms with Gasteiger partial charge < -0.3 is 18.9 Å². The Balaban J connectivity index is 1.40. The number of esters is 3. The van der Waals surface area contributed by atoms with Crippen molar-refractivity contribution >= 4 is 17.9 Å². The van der Waals surface area contributed by atoms with Crippen molar-refractivity contribution < 1.29 is 86.0 Å². The summed E-state index contributed by atoms with van der Waals surface area (Å²) in [5, 5.41) is 0. The lowest BCUT2D eigenvalue weighted by molar-refractivity contribution is -0.418. The number of halogens is 12. The molecule has 0 radical (unpaired) electrons. The van der Waals surface area contributed by atoms with Crippen LogP contribution in [0.5, 0.6) is 11.5 Å². The maximum Gasteiger partial charge on any atom is 0.460 e. The van der Waals surface area contributed by atoms with E-state index in [-0.39, 0.29) is 48.8 Å². The fourth-order valence-electron chi connectivity index (χ4n) is 5.28. The van der Waals surface area contributed by atoms with Gasteiger partial charge in [0.1, 0.15) is 5.75 Å². The minimum Gasteiger partial charge on any atom is -0.494 e. The van der Waals surface area contributed by atoms with E-state index in [0.717, 1.165) is 43.4 Å². The quantitative estimate of drug-likeness (QED) is 0.0430. The van der Waals surface area contributed by atoms with E-state index in [1.807, 2.05) is 0 Å². The Morgan fingerprint density at radius 1 is 0.610 bits per heavy atom. The minimum atomic E-state index is -7.70. The molecule has 0 amide bonds. The lowest BCUT2D eigenvalue weighted by Crippen LogP contribution is -2.68. The average Bonchev–Trinajstić information content (AvgIpc) is 3.17. The third-order valence-electron chi connectivity index (χ3n) is 8.79. The fourth-order valence-corrected chi connectivity index (χ4v) is 5.28. The molecule has 3 aromatic rings. The smallest absolute Gasteiger partial charge is 0.460 e. The first-order valence-corrected chi connectivity index (χ1v) is 18.3. The molecule has 0 unspecified atom stereocenters. The predicted octanol–water partition coefficient (Wildman–Crippen LogP) is 11.8. The van der Waals surface area contributed by atoms with Crippen molar-refractivity contribution in [2.45, 2.75) is 108 Å². The molecule has 7 nitrogen and oxygen atoms in total. The van der Waals surface area contributed by atoms with Gasteiger partial charge in [0.25, 0.3) is 0 Å². The number of rotatable bonds is 22. The Bertz CT molecular complexity index is 1850. The molecule has 0 aliphatic heterocycles. The zero-order chi connectivity index (χ0) is 44.2. The van der Waals surface area contributed by atoms with Crippen LogP contribution in [-0.2, 0) is 14.3 Å². The van der Waals surface area contributed by atoms with Crippen LogP contribution in [0.1, 0.15) is 92.4 Å². The van der Waals surface area contributed by atoms with E-state index in [1.54, 1.807) is 43.3 Å². The van der Waals surface area contributed by atoms with E-state index in [4.69, 9.17) is 14.2 Å². The van der Waals surface area contributed by atoms with Crippen LogP contribution >= 0.6 is 0 Å². The van der Waals surface area contributed by atoms with Crippen molar-refractivity contribution in [3.8, 4) is 22.6 Å². The van der Waals surface area contributed by atoms with E-state index in [1.165, 1.54) is 18.2 Å². The van der Waals surface area contributed by atoms with Gasteiger partial charge in [0.05, 0.1) is 30.4 Å². The molecule has 1 atom stereocenters. The maximum absolute atomic E-state index is 14.7. The van der Waals surface area contributed by atoms with Crippen LogP contribution in [0.15, 0.2) is 66.7 Å². The Morgan fingerprint density at radius 3 is 1.71 bits per heavy atom. The van der Waals surface area contributed by atoms with Crippen molar-refractivity contribution in [3.05, 3.63) is 83.7 Å². The first-order chi connectivity index (χ1) is 27.5. The van der Waals surface area contributed by atoms with Gasteiger partial charge >= 0.3 is 47.8 Å². The molecule has 59 heavy (non-hydrogen) atoms. The Hall–Kier alpha value is -4.97. The number of carbonyl (C=O) groups excluding carboxylic acids is 3. The number of hydrogen-bond acceptors (Lipinski definition) is 7. The molecule has 0 spiro atoms. The van der Waals surface area contributed by atoms with Crippen LogP contribution in [0.25, 0.3) is 11.1 Å². The van der Waals surface area contributed by atoms with Gasteiger partial charge in [-0.15, -0.1) is 0 Å². The second-order valence-corrected chi connectivity index (χ2v) is 13.4. The molecule has 0 N–H and O–H groups in total. The van der Waals surface area contributed by atoms with Crippen molar-refractivity contribution in [3.63, 3.8) is 0 Å². The summed E-state index contributed by atoms with van der Waals surface area (Å²) in [6.07, 6.45) is -2.48. The summed E-state index contributed by atoms with van der Waals surface area (Å²) in [6, 6.07) is 16.2. The zero-order valence-electron chi connectivity index (χ0n) is 31.6. The number of benzene rings is 3. The highest BCUT2D eigenvalue weighted by atomic mass is 19.4. The molecule has 0 saturated heterocycles. The second-order valence-electron chi connectivity index (χ2n) is 13.4. The van der Waals surface area contributed by atoms with Gasteiger partial charge in [-0.05, 0) is 99.0 Å². The van der Waals surface area contributed by atoms with Crippen LogP contribution in [-0.4, -0.2) is 67.1 Å². The van der Waals surface area contributed by atoms with E-state index < -0.39 is 60.2 Å². The number of carbonyl (C=O) groups is 3. The van der Waals surface area contributed by atoms with Crippen LogP contribution in [0.3, 0.4) is 0 Å². The van der Waals surface area contributed by atoms with Gasteiger partial charge in [-0.2, -0.15) is 48.3 Å². The molecular weight excluding hydrogens is 820 g/mol. The van der Waals surface area contributed by atoms with Crippen LogP contribution < -0.4 is 9.47 Å². The summed E-state index contributed by atoms with van der Waals surface area (Å²) in [7, 11) is 0. The topological polar surface area (TPSA) is 88.1 Å². The second kappa shape index (κ2) is 20.3. The molecular formula is C40H40F12O7. The highest BCUT2D eigenvalue weighted by molar-refractivity contribution is 5.92. The molecule has 0 aromatic heterocycles. The van der Waals surface area contributed by atoms with Crippen LogP contribution in [0.4, 0.5) is 52.7 Å². The van der Waals surface area contributed by atoms with Crippen LogP contribution in [0.2, 0.25) is 0 Å². The molecule has 0 fully saturated rings. The first kappa shape index (κ1) is 48.4. The largest absolute Gasteiger partial charge is 0.494 e. The lowest BCUT2D eigenvalue weighted by Gasteiger charge is -2.36. The Morgan fingerprint density at radius 2 is 1.15 bits per heavy atom. The van der Waals surface area contributed by atoms with E-state index in [0.29, 0.717) is 24.2 Å². The number of ether oxygens (including phenoxy) is 4.